The molecule has 0 aliphatic rings. The molecule has 2 N–H and O–H groups in total. The molecule has 0 aliphatic heterocycles. The van der Waals surface area contributed by atoms with Crippen LogP contribution in [0.3, 0.4) is 0 Å². The fraction of sp³-hybridized carbons (Fsp3) is 0.111. The number of carbonyl (C=O) groups is 1. The lowest BCUT2D eigenvalue weighted by Gasteiger charge is -2.20. The molecule has 5 nitrogen and oxygen atoms in total. The van der Waals surface area contributed by atoms with Gasteiger partial charge in [0, 0.05) is 31.6 Å². The minimum Gasteiger partial charge on any atom is -0.507 e. The lowest BCUT2D eigenvalue weighted by atomic mass is 10.0. The molecule has 1 amide bonds. The molecule has 0 spiro atoms. The third-order valence-electron chi connectivity index (χ3n) is 3.84. The van der Waals surface area contributed by atoms with Crippen molar-refractivity contribution < 1.29 is 23.1 Å². The normalized spacial score (nSPS) is 12.0. The quantitative estimate of drug-likeness (QED) is 0.751. The van der Waals surface area contributed by atoms with E-state index in [1.54, 1.807) is 23.9 Å². The van der Waals surface area contributed by atoms with Crippen LogP contribution < -0.4 is 5.32 Å². The lowest BCUT2D eigenvalue weighted by Crippen LogP contribution is -2.31. The van der Waals surface area contributed by atoms with Crippen molar-refractivity contribution in [2.45, 2.75) is 6.04 Å². The van der Waals surface area contributed by atoms with E-state index >= 15 is 0 Å². The molecular formula is C18H14F3N3O2. The zero-order valence-corrected chi connectivity index (χ0v) is 13.6. The number of aryl methyl sites for hydroxylation is 1. The van der Waals surface area contributed by atoms with Crippen molar-refractivity contribution in [2.24, 2.45) is 7.05 Å². The second kappa shape index (κ2) is 6.91. The van der Waals surface area contributed by atoms with Crippen LogP contribution in [0.1, 0.15) is 27.8 Å². The van der Waals surface area contributed by atoms with Gasteiger partial charge in [0.1, 0.15) is 40.6 Å². The second-order valence-electron chi connectivity index (χ2n) is 5.64. The van der Waals surface area contributed by atoms with E-state index in [1.165, 1.54) is 24.4 Å². The Morgan fingerprint density at radius 2 is 1.96 bits per heavy atom. The number of aromatic hydroxyl groups is 1. The van der Waals surface area contributed by atoms with E-state index in [-0.39, 0.29) is 0 Å². The van der Waals surface area contributed by atoms with Gasteiger partial charge >= 0.3 is 0 Å². The average molecular weight is 361 g/mol. The molecule has 1 atom stereocenters. The van der Waals surface area contributed by atoms with Crippen molar-refractivity contribution in [3.8, 4) is 5.75 Å². The van der Waals surface area contributed by atoms with Gasteiger partial charge in [0.05, 0.1) is 0 Å². The highest BCUT2D eigenvalue weighted by molar-refractivity contribution is 5.97. The first kappa shape index (κ1) is 17.5. The number of halogens is 3. The number of phenols is 1. The molecule has 8 heteroatoms. The number of carbonyl (C=O) groups excluding carboxylic acids is 1. The third-order valence-corrected chi connectivity index (χ3v) is 3.84. The summed E-state index contributed by atoms with van der Waals surface area (Å²) < 4.78 is 42.3. The van der Waals surface area contributed by atoms with Crippen molar-refractivity contribution in [1.82, 2.24) is 14.9 Å². The van der Waals surface area contributed by atoms with E-state index in [9.17, 15) is 23.1 Å². The minimum absolute atomic E-state index is 0.367. The second-order valence-corrected chi connectivity index (χ2v) is 5.64. The fourth-order valence-electron chi connectivity index (χ4n) is 2.63. The maximum Gasteiger partial charge on any atom is 0.258 e. The summed E-state index contributed by atoms with van der Waals surface area (Å²) in [6.07, 6.45) is 3.12. The predicted octanol–water partition coefficient (Wildman–Crippen LogP) is 3.06. The number of amides is 1. The molecule has 0 saturated heterocycles. The molecule has 2 aromatic carbocycles. The molecule has 0 fully saturated rings. The van der Waals surface area contributed by atoms with Crippen molar-refractivity contribution in [2.75, 3.05) is 0 Å². The number of hydrogen-bond donors (Lipinski definition) is 2. The Kier molecular flexibility index (Phi) is 4.66. The van der Waals surface area contributed by atoms with Crippen LogP contribution in [0.4, 0.5) is 13.2 Å². The first-order valence-electron chi connectivity index (χ1n) is 7.58. The Hall–Kier alpha value is -3.29. The van der Waals surface area contributed by atoms with Gasteiger partial charge in [0.2, 0.25) is 0 Å². The zero-order valence-electron chi connectivity index (χ0n) is 13.6. The van der Waals surface area contributed by atoms with Crippen LogP contribution in [0.5, 0.6) is 5.75 Å². The summed E-state index contributed by atoms with van der Waals surface area (Å²) >= 11 is 0. The number of nitrogens with zero attached hydrogens (tertiary/aromatic N) is 2. The molecule has 1 heterocycles. The van der Waals surface area contributed by atoms with Crippen LogP contribution in [0.15, 0.2) is 48.8 Å². The molecule has 3 rings (SSSR count). The summed E-state index contributed by atoms with van der Waals surface area (Å²) in [5, 5.41) is 12.2. The van der Waals surface area contributed by atoms with Crippen LogP contribution in [0.2, 0.25) is 0 Å². The minimum atomic E-state index is -1.21. The summed E-state index contributed by atoms with van der Waals surface area (Å²) in [6, 6.07) is 5.70. The summed E-state index contributed by atoms with van der Waals surface area (Å²) in [5.41, 5.74) is -0.336. The van der Waals surface area contributed by atoms with Gasteiger partial charge in [-0.05, 0) is 17.7 Å². The number of nitrogens with one attached hydrogen (secondary N) is 1. The van der Waals surface area contributed by atoms with Gasteiger partial charge in [-0.1, -0.05) is 12.1 Å². The Bertz CT molecular complexity index is 949. The molecule has 0 radical (unpaired) electrons. The maximum absolute atomic E-state index is 14.0. The van der Waals surface area contributed by atoms with Crippen LogP contribution in [0, 0.1) is 17.5 Å². The van der Waals surface area contributed by atoms with Gasteiger partial charge in [0.25, 0.3) is 5.91 Å². The highest BCUT2D eigenvalue weighted by Gasteiger charge is 2.25. The van der Waals surface area contributed by atoms with Crippen LogP contribution >= 0.6 is 0 Å². The van der Waals surface area contributed by atoms with E-state index in [4.69, 9.17) is 0 Å². The van der Waals surface area contributed by atoms with Crippen LogP contribution in [-0.2, 0) is 7.05 Å². The van der Waals surface area contributed by atoms with Crippen LogP contribution in [0.25, 0.3) is 0 Å². The SMILES string of the molecule is Cn1ccnc1C(NC(=O)c1c(O)cc(F)cc1F)c1cccc(F)c1. The van der Waals surface area contributed by atoms with Crippen molar-refractivity contribution in [1.29, 1.82) is 0 Å². The Morgan fingerprint density at radius 1 is 1.19 bits per heavy atom. The van der Waals surface area contributed by atoms with Gasteiger partial charge in [-0.2, -0.15) is 0 Å². The number of phenolic OH excluding ortho intramolecular Hbond substituents is 1. The van der Waals surface area contributed by atoms with Gasteiger partial charge in [0.15, 0.2) is 0 Å². The summed E-state index contributed by atoms with van der Waals surface area (Å²) in [5.74, 6) is -4.20. The standard InChI is InChI=1S/C18H14F3N3O2/c1-24-6-5-22-17(24)16(10-3-2-4-11(19)7-10)23-18(26)15-13(21)8-12(20)9-14(15)25/h2-9,16,25H,1H3,(H,23,26). The zero-order chi connectivity index (χ0) is 18.8. The van der Waals surface area contributed by atoms with Gasteiger partial charge < -0.3 is 15.0 Å². The third kappa shape index (κ3) is 3.39. The van der Waals surface area contributed by atoms with Gasteiger partial charge in [-0.15, -0.1) is 0 Å². The summed E-state index contributed by atoms with van der Waals surface area (Å²) in [7, 11) is 1.68. The first-order valence-corrected chi connectivity index (χ1v) is 7.58. The fourth-order valence-corrected chi connectivity index (χ4v) is 2.63. The number of rotatable bonds is 4. The molecule has 1 unspecified atom stereocenters. The van der Waals surface area contributed by atoms with Crippen molar-refractivity contribution >= 4 is 5.91 Å². The number of imidazole rings is 1. The van der Waals surface area contributed by atoms with E-state index in [0.717, 1.165) is 0 Å². The van der Waals surface area contributed by atoms with Crippen molar-refractivity contribution in [3.05, 3.63) is 83.2 Å². The number of benzene rings is 2. The Balaban J connectivity index is 2.02. The van der Waals surface area contributed by atoms with E-state index in [1.807, 2.05) is 0 Å². The highest BCUT2D eigenvalue weighted by atomic mass is 19.1. The van der Waals surface area contributed by atoms with Crippen molar-refractivity contribution in [3.63, 3.8) is 0 Å². The summed E-state index contributed by atoms with van der Waals surface area (Å²) in [6.45, 7) is 0. The molecule has 0 bridgehead atoms. The predicted molar refractivity (Wildman–Crippen MR) is 86.9 cm³/mol. The van der Waals surface area contributed by atoms with E-state index in [2.05, 4.69) is 10.3 Å². The smallest absolute Gasteiger partial charge is 0.258 e. The largest absolute Gasteiger partial charge is 0.507 e. The molecule has 0 saturated carbocycles. The molecule has 26 heavy (non-hydrogen) atoms. The molecule has 1 aromatic heterocycles. The Morgan fingerprint density at radius 3 is 2.58 bits per heavy atom. The molecule has 134 valence electrons. The average Bonchev–Trinajstić information content (AvgIpc) is 2.97. The van der Waals surface area contributed by atoms with Gasteiger partial charge in [-0.3, -0.25) is 4.79 Å². The van der Waals surface area contributed by atoms with Gasteiger partial charge in [-0.25, -0.2) is 18.2 Å². The number of aromatic nitrogens is 2. The monoisotopic (exact) mass is 361 g/mol. The highest BCUT2D eigenvalue weighted by Crippen LogP contribution is 2.25. The maximum atomic E-state index is 14.0. The van der Waals surface area contributed by atoms with E-state index < -0.39 is 40.7 Å². The summed E-state index contributed by atoms with van der Waals surface area (Å²) in [4.78, 5) is 16.6. The lowest BCUT2D eigenvalue weighted by molar-refractivity contribution is 0.0934. The van der Waals surface area contributed by atoms with E-state index in [0.29, 0.717) is 23.5 Å². The molecule has 0 aliphatic carbocycles. The Labute approximate surface area is 146 Å². The molecular weight excluding hydrogens is 347 g/mol. The number of hydrogen-bond acceptors (Lipinski definition) is 3. The topological polar surface area (TPSA) is 67.2 Å². The molecule has 3 aromatic rings. The van der Waals surface area contributed by atoms with Crippen LogP contribution in [-0.4, -0.2) is 20.6 Å². The first-order chi connectivity index (χ1) is 12.4.